The van der Waals surface area contributed by atoms with Crippen LogP contribution in [0.2, 0.25) is 0 Å². The van der Waals surface area contributed by atoms with Gasteiger partial charge in [0.1, 0.15) is 0 Å². The Balaban J connectivity index is 2.30. The molecule has 0 bridgehead atoms. The first-order valence-corrected chi connectivity index (χ1v) is 6.89. The molecule has 0 aliphatic heterocycles. The maximum absolute atomic E-state index is 12.3. The van der Waals surface area contributed by atoms with Gasteiger partial charge in [-0.15, -0.1) is 0 Å². The van der Waals surface area contributed by atoms with Crippen LogP contribution in [0.1, 0.15) is 35.7 Å². The van der Waals surface area contributed by atoms with Gasteiger partial charge in [0.15, 0.2) is 5.78 Å². The van der Waals surface area contributed by atoms with Gasteiger partial charge in [0, 0.05) is 16.0 Å². The molecule has 2 atom stereocenters. The van der Waals surface area contributed by atoms with Crippen LogP contribution >= 0.6 is 15.9 Å². The molecule has 0 heterocycles. The van der Waals surface area contributed by atoms with Gasteiger partial charge in [-0.2, -0.15) is 0 Å². The highest BCUT2D eigenvalue weighted by atomic mass is 79.9. The average molecular weight is 311 g/mol. The van der Waals surface area contributed by atoms with Gasteiger partial charge in [0.05, 0.1) is 5.92 Å². The summed E-state index contributed by atoms with van der Waals surface area (Å²) in [7, 11) is 0. The molecule has 1 aliphatic carbocycles. The molecule has 0 saturated carbocycles. The molecule has 4 heteroatoms. The van der Waals surface area contributed by atoms with Crippen LogP contribution in [0.4, 0.5) is 0 Å². The number of carboxylic acids is 1. The van der Waals surface area contributed by atoms with Gasteiger partial charge in [-0.3, -0.25) is 9.59 Å². The van der Waals surface area contributed by atoms with Gasteiger partial charge in [-0.05, 0) is 30.5 Å². The van der Waals surface area contributed by atoms with E-state index in [1.165, 1.54) is 0 Å². The summed E-state index contributed by atoms with van der Waals surface area (Å²) in [5.74, 6) is -1.84. The third-order valence-corrected chi connectivity index (χ3v) is 4.01. The van der Waals surface area contributed by atoms with Crippen molar-refractivity contribution in [2.45, 2.75) is 26.2 Å². The molecule has 0 radical (unpaired) electrons. The minimum absolute atomic E-state index is 0.0212. The first-order chi connectivity index (χ1) is 8.54. The van der Waals surface area contributed by atoms with Crippen molar-refractivity contribution >= 4 is 27.7 Å². The summed E-state index contributed by atoms with van der Waals surface area (Å²) in [5.41, 5.74) is 1.65. The molecule has 2 rings (SSSR count). The highest BCUT2D eigenvalue weighted by Crippen LogP contribution is 2.35. The van der Waals surface area contributed by atoms with Crippen LogP contribution in [0.3, 0.4) is 0 Å². The monoisotopic (exact) mass is 310 g/mol. The van der Waals surface area contributed by atoms with Crippen LogP contribution in [0.5, 0.6) is 0 Å². The fourth-order valence-electron chi connectivity index (χ4n) is 2.62. The lowest BCUT2D eigenvalue weighted by Crippen LogP contribution is -2.27. The van der Waals surface area contributed by atoms with E-state index in [0.717, 1.165) is 16.5 Å². The summed E-state index contributed by atoms with van der Waals surface area (Å²) in [6, 6.07) is 5.59. The van der Waals surface area contributed by atoms with E-state index < -0.39 is 17.8 Å². The van der Waals surface area contributed by atoms with Crippen LogP contribution in [0.25, 0.3) is 0 Å². The Morgan fingerprint density at radius 2 is 2.28 bits per heavy atom. The largest absolute Gasteiger partial charge is 0.481 e. The number of carbonyl (C=O) groups excluding carboxylic acids is 1. The minimum Gasteiger partial charge on any atom is -0.481 e. The van der Waals surface area contributed by atoms with E-state index in [4.69, 9.17) is 0 Å². The molecule has 2 unspecified atom stereocenters. The zero-order valence-electron chi connectivity index (χ0n) is 10.1. The smallest absolute Gasteiger partial charge is 0.307 e. The van der Waals surface area contributed by atoms with E-state index in [0.29, 0.717) is 18.4 Å². The first kappa shape index (κ1) is 13.3. The van der Waals surface area contributed by atoms with Gasteiger partial charge < -0.3 is 5.11 Å². The molecule has 0 spiro atoms. The molecule has 96 valence electrons. The summed E-state index contributed by atoms with van der Waals surface area (Å²) in [5, 5.41) is 9.25. The van der Waals surface area contributed by atoms with E-state index in [2.05, 4.69) is 15.9 Å². The predicted octanol–water partition coefficient (Wildman–Crippen LogP) is 3.31. The van der Waals surface area contributed by atoms with E-state index in [1.807, 2.05) is 19.1 Å². The Hall–Kier alpha value is -1.16. The number of carboxylic acid groups (broad SMARTS) is 1. The maximum atomic E-state index is 12.3. The van der Waals surface area contributed by atoms with Crippen molar-refractivity contribution < 1.29 is 14.7 Å². The van der Waals surface area contributed by atoms with E-state index in [9.17, 15) is 14.7 Å². The zero-order valence-corrected chi connectivity index (χ0v) is 11.7. The standard InChI is InChI=1S/C14H15BrO3/c1-2-3-10(14(17)18)12-6-8-4-5-9(15)7-11(8)13(12)16/h4-5,7,10,12H,2-3,6H2,1H3,(H,17,18). The van der Waals surface area contributed by atoms with Crippen molar-refractivity contribution in [3.05, 3.63) is 33.8 Å². The summed E-state index contributed by atoms with van der Waals surface area (Å²) in [6.45, 7) is 1.94. The summed E-state index contributed by atoms with van der Waals surface area (Å²) in [6.07, 6.45) is 1.89. The SMILES string of the molecule is CCCC(C(=O)O)C1Cc2ccc(Br)cc2C1=O. The number of hydrogen-bond donors (Lipinski definition) is 1. The predicted molar refractivity (Wildman–Crippen MR) is 71.7 cm³/mol. The summed E-state index contributed by atoms with van der Waals surface area (Å²) >= 11 is 3.34. The molecule has 1 aliphatic rings. The lowest BCUT2D eigenvalue weighted by molar-refractivity contribution is -0.143. The van der Waals surface area contributed by atoms with Crippen molar-refractivity contribution in [2.24, 2.45) is 11.8 Å². The van der Waals surface area contributed by atoms with Crippen LogP contribution in [0.15, 0.2) is 22.7 Å². The quantitative estimate of drug-likeness (QED) is 0.928. The van der Waals surface area contributed by atoms with Crippen LogP contribution < -0.4 is 0 Å². The second-order valence-corrected chi connectivity index (χ2v) is 5.63. The Kier molecular flexibility index (Phi) is 3.85. The number of hydrogen-bond acceptors (Lipinski definition) is 2. The van der Waals surface area contributed by atoms with Gasteiger partial charge in [0.2, 0.25) is 0 Å². The molecule has 0 saturated heterocycles. The topological polar surface area (TPSA) is 54.4 Å². The van der Waals surface area contributed by atoms with Crippen molar-refractivity contribution in [3.63, 3.8) is 0 Å². The number of halogens is 1. The maximum Gasteiger partial charge on any atom is 0.307 e. The number of Topliss-reactive ketones (excluding diaryl/α,β-unsaturated/α-hetero) is 1. The number of fused-ring (bicyclic) bond motifs is 1. The van der Waals surface area contributed by atoms with Gasteiger partial charge in [-0.25, -0.2) is 0 Å². The third-order valence-electron chi connectivity index (χ3n) is 3.52. The number of benzene rings is 1. The van der Waals surface area contributed by atoms with Gasteiger partial charge in [0.25, 0.3) is 0 Å². The van der Waals surface area contributed by atoms with Crippen molar-refractivity contribution in [3.8, 4) is 0 Å². The van der Waals surface area contributed by atoms with Crippen molar-refractivity contribution in [1.82, 2.24) is 0 Å². The number of carbonyl (C=O) groups is 2. The molecular formula is C14H15BrO3. The Bertz CT molecular complexity index is 496. The highest BCUT2D eigenvalue weighted by Gasteiger charge is 2.39. The molecule has 1 N–H and O–H groups in total. The second-order valence-electron chi connectivity index (χ2n) is 4.71. The van der Waals surface area contributed by atoms with E-state index in [-0.39, 0.29) is 5.78 Å². The van der Waals surface area contributed by atoms with E-state index >= 15 is 0 Å². The van der Waals surface area contributed by atoms with Crippen molar-refractivity contribution in [1.29, 1.82) is 0 Å². The Labute approximate surface area is 114 Å². The molecule has 1 aromatic rings. The minimum atomic E-state index is -0.859. The highest BCUT2D eigenvalue weighted by molar-refractivity contribution is 9.10. The Morgan fingerprint density at radius 1 is 1.56 bits per heavy atom. The number of ketones is 1. The molecule has 1 aromatic carbocycles. The fraction of sp³-hybridized carbons (Fsp3) is 0.429. The van der Waals surface area contributed by atoms with E-state index in [1.54, 1.807) is 6.07 Å². The van der Waals surface area contributed by atoms with Gasteiger partial charge >= 0.3 is 5.97 Å². The lowest BCUT2D eigenvalue weighted by Gasteiger charge is -2.16. The van der Waals surface area contributed by atoms with Crippen LogP contribution in [-0.4, -0.2) is 16.9 Å². The lowest BCUT2D eigenvalue weighted by atomic mass is 9.86. The molecule has 18 heavy (non-hydrogen) atoms. The van der Waals surface area contributed by atoms with Crippen LogP contribution in [-0.2, 0) is 11.2 Å². The number of aliphatic carboxylic acids is 1. The van der Waals surface area contributed by atoms with Gasteiger partial charge in [-0.1, -0.05) is 35.3 Å². The molecular weight excluding hydrogens is 296 g/mol. The molecule has 0 fully saturated rings. The molecule has 0 amide bonds. The number of rotatable bonds is 4. The third kappa shape index (κ3) is 2.34. The molecule has 3 nitrogen and oxygen atoms in total. The second kappa shape index (κ2) is 5.22. The average Bonchev–Trinajstić information content (AvgIpc) is 2.63. The van der Waals surface area contributed by atoms with Crippen LogP contribution in [0, 0.1) is 11.8 Å². The zero-order chi connectivity index (χ0) is 13.3. The molecule has 0 aromatic heterocycles. The fourth-order valence-corrected chi connectivity index (χ4v) is 2.98. The normalized spacial score (nSPS) is 19.7. The van der Waals surface area contributed by atoms with Crippen molar-refractivity contribution in [2.75, 3.05) is 0 Å². The first-order valence-electron chi connectivity index (χ1n) is 6.10. The Morgan fingerprint density at radius 3 is 2.89 bits per heavy atom. The summed E-state index contributed by atoms with van der Waals surface area (Å²) in [4.78, 5) is 23.6. The summed E-state index contributed by atoms with van der Waals surface area (Å²) < 4.78 is 0.859.